The standard InChI is InChI=1S/C11H16O3S/c1-7(2)10-5-6-11(14-15(12)13)9(4)8(10)3/h5-7H,1-4H3,(H,12,13)/p-1. The molecule has 0 bridgehead atoms. The lowest BCUT2D eigenvalue weighted by Gasteiger charge is -2.16. The summed E-state index contributed by atoms with van der Waals surface area (Å²) < 4.78 is 25.5. The Morgan fingerprint density at radius 1 is 1.27 bits per heavy atom. The van der Waals surface area contributed by atoms with Crippen molar-refractivity contribution in [3.8, 4) is 5.75 Å². The van der Waals surface area contributed by atoms with Crippen LogP contribution in [-0.4, -0.2) is 8.76 Å². The van der Waals surface area contributed by atoms with Gasteiger partial charge in [-0.25, -0.2) is 4.21 Å². The zero-order valence-electron chi connectivity index (χ0n) is 9.37. The molecule has 3 nitrogen and oxygen atoms in total. The summed E-state index contributed by atoms with van der Waals surface area (Å²) >= 11 is -2.50. The first-order chi connectivity index (χ1) is 6.93. The van der Waals surface area contributed by atoms with Crippen LogP contribution in [-0.2, 0) is 11.4 Å². The average Bonchev–Trinajstić information content (AvgIpc) is 2.12. The molecule has 1 rings (SSSR count). The van der Waals surface area contributed by atoms with Crippen LogP contribution in [0.4, 0.5) is 0 Å². The van der Waals surface area contributed by atoms with Crippen molar-refractivity contribution >= 4 is 11.4 Å². The van der Waals surface area contributed by atoms with Gasteiger partial charge in [-0.15, -0.1) is 0 Å². The van der Waals surface area contributed by atoms with Gasteiger partial charge in [-0.3, -0.25) is 0 Å². The van der Waals surface area contributed by atoms with E-state index in [2.05, 4.69) is 18.0 Å². The first-order valence-electron chi connectivity index (χ1n) is 4.81. The third kappa shape index (κ3) is 2.79. The van der Waals surface area contributed by atoms with Crippen molar-refractivity contribution in [1.82, 2.24) is 0 Å². The lowest BCUT2D eigenvalue weighted by Crippen LogP contribution is -2.02. The summed E-state index contributed by atoms with van der Waals surface area (Å²) in [6, 6.07) is 3.61. The minimum absolute atomic E-state index is 0.408. The Bertz CT molecular complexity index is 386. The maximum atomic E-state index is 10.4. The zero-order chi connectivity index (χ0) is 11.6. The molecule has 0 amide bonds. The Kier molecular flexibility index (Phi) is 3.88. The van der Waals surface area contributed by atoms with Crippen molar-refractivity contribution < 1.29 is 12.9 Å². The van der Waals surface area contributed by atoms with Crippen LogP contribution in [0.2, 0.25) is 0 Å². The van der Waals surface area contributed by atoms with Gasteiger partial charge in [-0.05, 0) is 42.5 Å². The van der Waals surface area contributed by atoms with E-state index in [9.17, 15) is 8.76 Å². The molecule has 1 atom stereocenters. The van der Waals surface area contributed by atoms with Crippen LogP contribution in [0.15, 0.2) is 12.1 Å². The van der Waals surface area contributed by atoms with E-state index in [1.165, 1.54) is 5.56 Å². The molecular weight excluding hydrogens is 212 g/mol. The first-order valence-corrected chi connectivity index (χ1v) is 5.81. The summed E-state index contributed by atoms with van der Waals surface area (Å²) in [5.74, 6) is 0.834. The van der Waals surface area contributed by atoms with Crippen LogP contribution in [0.1, 0.15) is 36.5 Å². The van der Waals surface area contributed by atoms with Gasteiger partial charge in [0.05, 0.1) is 0 Å². The van der Waals surface area contributed by atoms with E-state index >= 15 is 0 Å². The van der Waals surface area contributed by atoms with Crippen molar-refractivity contribution in [2.75, 3.05) is 0 Å². The monoisotopic (exact) mass is 227 g/mol. The average molecular weight is 227 g/mol. The molecule has 0 spiro atoms. The molecule has 1 aromatic carbocycles. The maximum Gasteiger partial charge on any atom is 0.142 e. The van der Waals surface area contributed by atoms with Crippen molar-refractivity contribution in [1.29, 1.82) is 0 Å². The van der Waals surface area contributed by atoms with Crippen molar-refractivity contribution in [3.05, 3.63) is 28.8 Å². The second kappa shape index (κ2) is 4.77. The molecule has 84 valence electrons. The molecule has 15 heavy (non-hydrogen) atoms. The van der Waals surface area contributed by atoms with Gasteiger partial charge in [-0.1, -0.05) is 19.9 Å². The Balaban J connectivity index is 3.15. The molecule has 0 N–H and O–H groups in total. The van der Waals surface area contributed by atoms with E-state index in [0.29, 0.717) is 11.7 Å². The van der Waals surface area contributed by atoms with Crippen molar-refractivity contribution in [3.63, 3.8) is 0 Å². The number of hydrogen-bond acceptors (Lipinski definition) is 3. The summed E-state index contributed by atoms with van der Waals surface area (Å²) in [4.78, 5) is 0. The molecular formula is C11H15O3S-. The smallest absolute Gasteiger partial charge is 0.142 e. The Morgan fingerprint density at radius 3 is 2.33 bits per heavy atom. The second-order valence-corrected chi connectivity index (χ2v) is 4.42. The third-order valence-corrected chi connectivity index (χ3v) is 2.87. The predicted molar refractivity (Wildman–Crippen MR) is 59.6 cm³/mol. The summed E-state index contributed by atoms with van der Waals surface area (Å²) in [5, 5.41) is 0. The molecule has 0 aromatic heterocycles. The minimum atomic E-state index is -2.50. The van der Waals surface area contributed by atoms with E-state index in [-0.39, 0.29) is 0 Å². The Morgan fingerprint density at radius 2 is 1.87 bits per heavy atom. The first kappa shape index (κ1) is 12.2. The fraction of sp³-hybridized carbons (Fsp3) is 0.455. The number of rotatable bonds is 3. The van der Waals surface area contributed by atoms with E-state index in [1.807, 2.05) is 19.9 Å². The number of benzene rings is 1. The van der Waals surface area contributed by atoms with Crippen molar-refractivity contribution in [2.45, 2.75) is 33.6 Å². The van der Waals surface area contributed by atoms with E-state index in [4.69, 9.17) is 0 Å². The molecule has 0 saturated carbocycles. The second-order valence-electron chi connectivity index (χ2n) is 3.85. The van der Waals surface area contributed by atoms with Crippen LogP contribution in [0, 0.1) is 13.8 Å². The lowest BCUT2D eigenvalue weighted by molar-refractivity contribution is 0.438. The van der Waals surface area contributed by atoms with E-state index in [0.717, 1.165) is 11.1 Å². The quantitative estimate of drug-likeness (QED) is 0.746. The summed E-state index contributed by atoms with van der Waals surface area (Å²) in [6.07, 6.45) is 0. The zero-order valence-corrected chi connectivity index (χ0v) is 10.2. The van der Waals surface area contributed by atoms with Gasteiger partial charge in [0.1, 0.15) is 17.1 Å². The summed E-state index contributed by atoms with van der Waals surface area (Å²) in [5.41, 5.74) is 3.19. The van der Waals surface area contributed by atoms with Gasteiger partial charge in [0.2, 0.25) is 0 Å². The highest BCUT2D eigenvalue weighted by atomic mass is 32.2. The van der Waals surface area contributed by atoms with Crippen LogP contribution in [0.5, 0.6) is 5.75 Å². The highest BCUT2D eigenvalue weighted by Gasteiger charge is 2.09. The van der Waals surface area contributed by atoms with Gasteiger partial charge in [-0.2, -0.15) is 0 Å². The van der Waals surface area contributed by atoms with Gasteiger partial charge in [0.25, 0.3) is 0 Å². The topological polar surface area (TPSA) is 49.4 Å². The molecule has 1 unspecified atom stereocenters. The van der Waals surface area contributed by atoms with Crippen LogP contribution >= 0.6 is 0 Å². The van der Waals surface area contributed by atoms with Crippen molar-refractivity contribution in [2.24, 2.45) is 0 Å². The van der Waals surface area contributed by atoms with Crippen LogP contribution in [0.25, 0.3) is 0 Å². The van der Waals surface area contributed by atoms with Crippen LogP contribution < -0.4 is 4.18 Å². The molecule has 4 heteroatoms. The van der Waals surface area contributed by atoms with Gasteiger partial charge < -0.3 is 8.74 Å². The normalized spacial score (nSPS) is 12.9. The van der Waals surface area contributed by atoms with Gasteiger partial charge in [0, 0.05) is 0 Å². The highest BCUT2D eigenvalue weighted by molar-refractivity contribution is 7.74. The molecule has 0 aliphatic heterocycles. The highest BCUT2D eigenvalue weighted by Crippen LogP contribution is 2.28. The van der Waals surface area contributed by atoms with E-state index < -0.39 is 11.4 Å². The fourth-order valence-electron chi connectivity index (χ4n) is 1.61. The van der Waals surface area contributed by atoms with Crippen LogP contribution in [0.3, 0.4) is 0 Å². The van der Waals surface area contributed by atoms with Gasteiger partial charge >= 0.3 is 0 Å². The summed E-state index contributed by atoms with van der Waals surface area (Å²) in [6.45, 7) is 8.05. The minimum Gasteiger partial charge on any atom is -0.740 e. The maximum absolute atomic E-state index is 10.4. The lowest BCUT2D eigenvalue weighted by atomic mass is 9.94. The molecule has 0 radical (unpaired) electrons. The molecule has 0 heterocycles. The Labute approximate surface area is 93.0 Å². The third-order valence-electron chi connectivity index (χ3n) is 2.56. The SMILES string of the molecule is Cc1c(OS(=O)[O-])ccc(C(C)C)c1C. The summed E-state index contributed by atoms with van der Waals surface area (Å²) in [7, 11) is 0. The molecule has 0 aliphatic carbocycles. The van der Waals surface area contributed by atoms with E-state index in [1.54, 1.807) is 6.07 Å². The van der Waals surface area contributed by atoms with Gasteiger partial charge in [0.15, 0.2) is 0 Å². The largest absolute Gasteiger partial charge is 0.740 e. The molecule has 1 aromatic rings. The molecule has 0 fully saturated rings. The molecule has 0 saturated heterocycles. The Hall–Kier alpha value is -0.870. The molecule has 0 aliphatic rings. The fourth-order valence-corrected chi connectivity index (χ4v) is 1.93. The number of hydrogen-bond donors (Lipinski definition) is 0. The predicted octanol–water partition coefficient (Wildman–Crippen LogP) is 2.60.